The van der Waals surface area contributed by atoms with Gasteiger partial charge in [-0.1, -0.05) is 0 Å². The number of hydrogen-bond donors (Lipinski definition) is 2. The van der Waals surface area contributed by atoms with Gasteiger partial charge < -0.3 is 16.2 Å². The lowest BCUT2D eigenvalue weighted by atomic mass is 10.1. The summed E-state index contributed by atoms with van der Waals surface area (Å²) in [5.74, 6) is 1.87. The van der Waals surface area contributed by atoms with Gasteiger partial charge >= 0.3 is 0 Å². The van der Waals surface area contributed by atoms with E-state index in [9.17, 15) is 5.26 Å². The number of hydrogen-bond acceptors (Lipinski definition) is 7. The Labute approximate surface area is 151 Å². The van der Waals surface area contributed by atoms with Gasteiger partial charge in [0.1, 0.15) is 17.3 Å². The molecule has 26 heavy (non-hydrogen) atoms. The van der Waals surface area contributed by atoms with Gasteiger partial charge in [-0.25, -0.2) is 15.0 Å². The lowest BCUT2D eigenvalue weighted by molar-refractivity contribution is 0.483. The summed E-state index contributed by atoms with van der Waals surface area (Å²) in [5, 5.41) is 9.19. The molecule has 7 nitrogen and oxygen atoms in total. The van der Waals surface area contributed by atoms with Crippen LogP contribution in [0.2, 0.25) is 0 Å². The number of rotatable bonds is 5. The average molecular weight is 346 g/mol. The number of aryl methyl sites for hydroxylation is 1. The van der Waals surface area contributed by atoms with Gasteiger partial charge in [0.05, 0.1) is 17.2 Å². The van der Waals surface area contributed by atoms with E-state index in [0.717, 1.165) is 11.3 Å². The van der Waals surface area contributed by atoms with Crippen LogP contribution in [0.15, 0.2) is 42.7 Å². The summed E-state index contributed by atoms with van der Waals surface area (Å²) in [6.07, 6.45) is 4.20. The number of anilines is 1. The summed E-state index contributed by atoms with van der Waals surface area (Å²) in [6, 6.07) is 10.6. The van der Waals surface area contributed by atoms with Gasteiger partial charge in [0.25, 0.3) is 0 Å². The number of nitrogen functional groups attached to an aromatic ring is 1. The Bertz CT molecular complexity index is 943. The van der Waals surface area contributed by atoms with Crippen molar-refractivity contribution in [1.29, 1.82) is 5.26 Å². The molecule has 1 aromatic carbocycles. The maximum absolute atomic E-state index is 9.19. The molecule has 0 saturated heterocycles. The Morgan fingerprint density at radius 1 is 1.15 bits per heavy atom. The molecule has 0 amide bonds. The monoisotopic (exact) mass is 346 g/mol. The third kappa shape index (κ3) is 3.94. The highest BCUT2D eigenvalue weighted by molar-refractivity contribution is 5.66. The Morgan fingerprint density at radius 2 is 1.92 bits per heavy atom. The fraction of sp³-hybridized carbons (Fsp3) is 0.158. The SMILES string of the molecule is Cc1cc(Oc2cc(C#N)ccc2-c2ncc(CCN)cn2)cc(N)n1. The number of pyridine rings is 1. The predicted molar refractivity (Wildman–Crippen MR) is 98.4 cm³/mol. The van der Waals surface area contributed by atoms with E-state index in [-0.39, 0.29) is 0 Å². The van der Waals surface area contributed by atoms with E-state index in [4.69, 9.17) is 16.2 Å². The number of nitrogens with two attached hydrogens (primary N) is 2. The molecule has 0 fully saturated rings. The van der Waals surface area contributed by atoms with E-state index in [1.54, 1.807) is 42.7 Å². The molecule has 0 atom stereocenters. The van der Waals surface area contributed by atoms with E-state index in [2.05, 4.69) is 21.0 Å². The molecule has 0 aliphatic heterocycles. The molecule has 0 radical (unpaired) electrons. The Balaban J connectivity index is 2.01. The highest BCUT2D eigenvalue weighted by Gasteiger charge is 2.12. The molecule has 2 aromatic heterocycles. The minimum Gasteiger partial charge on any atom is -0.456 e. The van der Waals surface area contributed by atoms with E-state index >= 15 is 0 Å². The zero-order chi connectivity index (χ0) is 18.5. The Kier molecular flexibility index (Phi) is 5.06. The van der Waals surface area contributed by atoms with Crippen LogP contribution in [0.5, 0.6) is 11.5 Å². The van der Waals surface area contributed by atoms with E-state index < -0.39 is 0 Å². The van der Waals surface area contributed by atoms with Crippen LogP contribution in [0.4, 0.5) is 5.82 Å². The molecule has 0 unspecified atom stereocenters. The first-order chi connectivity index (χ1) is 12.6. The molecule has 2 heterocycles. The highest BCUT2D eigenvalue weighted by Crippen LogP contribution is 2.33. The van der Waals surface area contributed by atoms with Gasteiger partial charge in [-0.05, 0) is 43.7 Å². The molecule has 0 aliphatic rings. The topological polar surface area (TPSA) is 124 Å². The summed E-state index contributed by atoms with van der Waals surface area (Å²) in [5.41, 5.74) is 14.2. The summed E-state index contributed by atoms with van der Waals surface area (Å²) in [7, 11) is 0. The van der Waals surface area contributed by atoms with Crippen molar-refractivity contribution in [3.05, 3.63) is 59.5 Å². The largest absolute Gasteiger partial charge is 0.456 e. The van der Waals surface area contributed by atoms with Crippen molar-refractivity contribution in [2.75, 3.05) is 12.3 Å². The first kappa shape index (κ1) is 17.3. The van der Waals surface area contributed by atoms with E-state index in [1.807, 2.05) is 6.92 Å². The van der Waals surface area contributed by atoms with Gasteiger partial charge in [0.15, 0.2) is 5.82 Å². The maximum atomic E-state index is 9.19. The fourth-order valence-electron chi connectivity index (χ4n) is 2.50. The quantitative estimate of drug-likeness (QED) is 0.727. The van der Waals surface area contributed by atoms with Crippen molar-refractivity contribution in [3.63, 3.8) is 0 Å². The molecular formula is C19H18N6O. The predicted octanol–water partition coefficient (Wildman–Crippen LogP) is 2.59. The van der Waals surface area contributed by atoms with Crippen LogP contribution in [-0.4, -0.2) is 21.5 Å². The van der Waals surface area contributed by atoms with Crippen LogP contribution in [0.25, 0.3) is 11.4 Å². The molecule has 0 bridgehead atoms. The van der Waals surface area contributed by atoms with Crippen molar-refractivity contribution >= 4 is 5.82 Å². The molecule has 0 aliphatic carbocycles. The second-order valence-electron chi connectivity index (χ2n) is 5.75. The normalized spacial score (nSPS) is 10.3. The van der Waals surface area contributed by atoms with Crippen molar-refractivity contribution < 1.29 is 4.74 Å². The lowest BCUT2D eigenvalue weighted by Gasteiger charge is -2.12. The van der Waals surface area contributed by atoms with Crippen molar-refractivity contribution in [1.82, 2.24) is 15.0 Å². The number of aromatic nitrogens is 3. The fourth-order valence-corrected chi connectivity index (χ4v) is 2.50. The Hall–Kier alpha value is -3.50. The minimum absolute atomic E-state index is 0.361. The zero-order valence-electron chi connectivity index (χ0n) is 14.3. The molecule has 3 rings (SSSR count). The molecule has 7 heteroatoms. The second kappa shape index (κ2) is 7.59. The molecular weight excluding hydrogens is 328 g/mol. The van der Waals surface area contributed by atoms with Gasteiger partial charge in [0, 0.05) is 30.2 Å². The van der Waals surface area contributed by atoms with Crippen LogP contribution in [0.3, 0.4) is 0 Å². The maximum Gasteiger partial charge on any atom is 0.162 e. The van der Waals surface area contributed by atoms with Crippen molar-refractivity contribution in [2.24, 2.45) is 5.73 Å². The van der Waals surface area contributed by atoms with Gasteiger partial charge in [-0.2, -0.15) is 5.26 Å². The van der Waals surface area contributed by atoms with Crippen LogP contribution in [0, 0.1) is 18.3 Å². The standard InChI is InChI=1S/C19H18N6O/c1-12-6-15(8-18(22)25-12)26-17-7-13(9-21)2-3-16(17)19-23-10-14(4-5-20)11-24-19/h2-3,6-8,10-11H,4-5,20H2,1H3,(H2,22,25). The van der Waals surface area contributed by atoms with Crippen LogP contribution < -0.4 is 16.2 Å². The third-order valence-electron chi connectivity index (χ3n) is 3.66. The van der Waals surface area contributed by atoms with Gasteiger partial charge in [-0.3, -0.25) is 0 Å². The van der Waals surface area contributed by atoms with E-state index in [0.29, 0.717) is 47.2 Å². The second-order valence-corrected chi connectivity index (χ2v) is 5.75. The average Bonchev–Trinajstić information content (AvgIpc) is 2.62. The molecule has 3 aromatic rings. The van der Waals surface area contributed by atoms with E-state index in [1.165, 1.54) is 0 Å². The molecule has 4 N–H and O–H groups in total. The van der Waals surface area contributed by atoms with Gasteiger partial charge in [0.2, 0.25) is 0 Å². The number of ether oxygens (including phenoxy) is 1. The summed E-state index contributed by atoms with van der Waals surface area (Å²) >= 11 is 0. The van der Waals surface area contributed by atoms with Crippen LogP contribution in [-0.2, 0) is 6.42 Å². The van der Waals surface area contributed by atoms with Gasteiger partial charge in [-0.15, -0.1) is 0 Å². The van der Waals surface area contributed by atoms with Crippen molar-refractivity contribution in [2.45, 2.75) is 13.3 Å². The van der Waals surface area contributed by atoms with Crippen LogP contribution >= 0.6 is 0 Å². The zero-order valence-corrected chi connectivity index (χ0v) is 14.3. The number of benzene rings is 1. The summed E-state index contributed by atoms with van der Waals surface area (Å²) in [4.78, 5) is 12.9. The van der Waals surface area contributed by atoms with Crippen LogP contribution in [0.1, 0.15) is 16.8 Å². The first-order valence-corrected chi connectivity index (χ1v) is 8.06. The van der Waals surface area contributed by atoms with Crippen molar-refractivity contribution in [3.8, 4) is 29.0 Å². The molecule has 0 saturated carbocycles. The third-order valence-corrected chi connectivity index (χ3v) is 3.66. The highest BCUT2D eigenvalue weighted by atomic mass is 16.5. The molecule has 130 valence electrons. The smallest absolute Gasteiger partial charge is 0.162 e. The lowest BCUT2D eigenvalue weighted by Crippen LogP contribution is -2.04. The summed E-state index contributed by atoms with van der Waals surface area (Å²) in [6.45, 7) is 2.37. The number of nitriles is 1. The number of nitrogens with zero attached hydrogens (tertiary/aromatic N) is 4. The molecule has 0 spiro atoms. The minimum atomic E-state index is 0.361. The first-order valence-electron chi connectivity index (χ1n) is 8.06. The summed E-state index contributed by atoms with van der Waals surface area (Å²) < 4.78 is 5.97. The Morgan fingerprint density at radius 3 is 2.58 bits per heavy atom.